The van der Waals surface area contributed by atoms with Crippen LogP contribution < -0.4 is 16.4 Å². The molecule has 0 aliphatic heterocycles. The van der Waals surface area contributed by atoms with Crippen LogP contribution in [0.15, 0.2) is 10.9 Å². The SMILES string of the molecule is Cc1cc(C)n(CC(=O)NNC(=O)CCc2c(C)[nH]c(=O)c(C#N)c2C)n1. The number of hydrogen-bond donors (Lipinski definition) is 3. The molecule has 0 radical (unpaired) electrons. The summed E-state index contributed by atoms with van der Waals surface area (Å²) >= 11 is 0. The highest BCUT2D eigenvalue weighted by molar-refractivity contribution is 5.82. The molecule has 0 spiro atoms. The van der Waals surface area contributed by atoms with Crippen LogP contribution >= 0.6 is 0 Å². The summed E-state index contributed by atoms with van der Waals surface area (Å²) in [6.07, 6.45) is 0.432. The Morgan fingerprint density at radius 2 is 1.89 bits per heavy atom. The lowest BCUT2D eigenvalue weighted by atomic mass is 9.99. The Hall–Kier alpha value is -3.41. The minimum absolute atomic E-state index is 0.00359. The lowest BCUT2D eigenvalue weighted by Gasteiger charge is -2.11. The number of aromatic nitrogens is 3. The van der Waals surface area contributed by atoms with Crippen LogP contribution in [0.1, 0.15) is 40.2 Å². The van der Waals surface area contributed by atoms with Crippen LogP contribution in [-0.2, 0) is 22.6 Å². The summed E-state index contributed by atoms with van der Waals surface area (Å²) in [4.78, 5) is 38.3. The number of nitrogens with one attached hydrogen (secondary N) is 3. The van der Waals surface area contributed by atoms with E-state index in [-0.39, 0.29) is 24.4 Å². The van der Waals surface area contributed by atoms with Crippen molar-refractivity contribution in [2.24, 2.45) is 0 Å². The number of hydrogen-bond acceptors (Lipinski definition) is 5. The van der Waals surface area contributed by atoms with Crippen molar-refractivity contribution in [1.29, 1.82) is 5.26 Å². The molecule has 0 aliphatic carbocycles. The van der Waals surface area contributed by atoms with E-state index in [0.717, 1.165) is 17.0 Å². The van der Waals surface area contributed by atoms with Crippen molar-refractivity contribution >= 4 is 11.8 Å². The molecule has 2 aromatic rings. The van der Waals surface area contributed by atoms with Crippen molar-refractivity contribution in [1.82, 2.24) is 25.6 Å². The fourth-order valence-corrected chi connectivity index (χ4v) is 2.87. The summed E-state index contributed by atoms with van der Waals surface area (Å²) in [6.45, 7) is 7.09. The first-order chi connectivity index (χ1) is 12.7. The number of H-pyrrole nitrogens is 1. The quantitative estimate of drug-likeness (QED) is 0.658. The zero-order chi connectivity index (χ0) is 20.1. The molecule has 2 heterocycles. The molecule has 9 heteroatoms. The van der Waals surface area contributed by atoms with Gasteiger partial charge in [-0.25, -0.2) is 0 Å². The monoisotopic (exact) mass is 370 g/mol. The average molecular weight is 370 g/mol. The van der Waals surface area contributed by atoms with Crippen LogP contribution in [0.25, 0.3) is 0 Å². The number of aromatic amines is 1. The second-order valence-corrected chi connectivity index (χ2v) is 6.35. The van der Waals surface area contributed by atoms with Crippen LogP contribution in [0.2, 0.25) is 0 Å². The summed E-state index contributed by atoms with van der Waals surface area (Å²) in [5.74, 6) is -0.766. The molecule has 27 heavy (non-hydrogen) atoms. The van der Waals surface area contributed by atoms with Gasteiger partial charge < -0.3 is 4.98 Å². The number of hydrazine groups is 1. The lowest BCUT2D eigenvalue weighted by molar-refractivity contribution is -0.129. The summed E-state index contributed by atoms with van der Waals surface area (Å²) in [7, 11) is 0. The van der Waals surface area contributed by atoms with Gasteiger partial charge in [0.1, 0.15) is 18.2 Å². The van der Waals surface area contributed by atoms with Crippen molar-refractivity contribution in [3.63, 3.8) is 0 Å². The number of amides is 2. The summed E-state index contributed by atoms with van der Waals surface area (Å²) in [5, 5.41) is 13.3. The maximum absolute atomic E-state index is 12.0. The van der Waals surface area contributed by atoms with Crippen LogP contribution in [0.3, 0.4) is 0 Å². The van der Waals surface area contributed by atoms with E-state index in [9.17, 15) is 14.4 Å². The number of nitriles is 1. The third-order valence-electron chi connectivity index (χ3n) is 4.26. The van der Waals surface area contributed by atoms with Gasteiger partial charge in [-0.2, -0.15) is 10.4 Å². The van der Waals surface area contributed by atoms with Crippen molar-refractivity contribution in [3.8, 4) is 6.07 Å². The molecule has 0 bridgehead atoms. The molecule has 0 aromatic carbocycles. The Morgan fingerprint density at radius 3 is 2.48 bits per heavy atom. The number of carbonyl (C=O) groups excluding carboxylic acids is 2. The number of aryl methyl sites for hydroxylation is 3. The zero-order valence-electron chi connectivity index (χ0n) is 15.8. The minimum atomic E-state index is -0.433. The second kappa shape index (κ2) is 8.31. The highest BCUT2D eigenvalue weighted by Crippen LogP contribution is 2.14. The van der Waals surface area contributed by atoms with Crippen LogP contribution in [0.5, 0.6) is 0 Å². The Morgan fingerprint density at radius 1 is 1.22 bits per heavy atom. The van der Waals surface area contributed by atoms with E-state index in [2.05, 4.69) is 20.9 Å². The molecule has 0 aliphatic rings. The molecule has 2 aromatic heterocycles. The van der Waals surface area contributed by atoms with Crippen molar-refractivity contribution in [2.75, 3.05) is 0 Å². The van der Waals surface area contributed by atoms with Gasteiger partial charge in [-0.3, -0.25) is 29.9 Å². The van der Waals surface area contributed by atoms with Gasteiger partial charge in [0, 0.05) is 17.8 Å². The number of nitrogens with zero attached hydrogens (tertiary/aromatic N) is 3. The first-order valence-electron chi connectivity index (χ1n) is 8.44. The molecule has 0 unspecified atom stereocenters. The second-order valence-electron chi connectivity index (χ2n) is 6.35. The Bertz CT molecular complexity index is 980. The molecule has 0 fully saturated rings. The number of rotatable bonds is 5. The van der Waals surface area contributed by atoms with Gasteiger partial charge in [0.15, 0.2) is 0 Å². The lowest BCUT2D eigenvalue weighted by Crippen LogP contribution is -2.43. The van der Waals surface area contributed by atoms with Crippen molar-refractivity contribution in [3.05, 3.63) is 50.2 Å². The standard InChI is InChI=1S/C18H22N6O3/c1-10-7-11(2)24(23-10)9-17(26)22-21-16(25)6-5-14-12(3)15(8-19)18(27)20-13(14)4/h7H,5-6,9H2,1-4H3,(H,20,27)(H,21,25)(H,22,26). The van der Waals surface area contributed by atoms with E-state index < -0.39 is 11.5 Å². The highest BCUT2D eigenvalue weighted by atomic mass is 16.2. The van der Waals surface area contributed by atoms with E-state index in [1.807, 2.05) is 26.0 Å². The Labute approximate surface area is 156 Å². The molecule has 2 rings (SSSR count). The van der Waals surface area contributed by atoms with Crippen LogP contribution in [-0.4, -0.2) is 26.6 Å². The van der Waals surface area contributed by atoms with Gasteiger partial charge in [-0.1, -0.05) is 0 Å². The summed E-state index contributed by atoms with van der Waals surface area (Å²) in [6, 6.07) is 3.74. The third-order valence-corrected chi connectivity index (χ3v) is 4.26. The molecule has 3 N–H and O–H groups in total. The molecule has 0 atom stereocenters. The van der Waals surface area contributed by atoms with Crippen LogP contribution in [0, 0.1) is 39.0 Å². The molecule has 2 amide bonds. The van der Waals surface area contributed by atoms with Crippen molar-refractivity contribution < 1.29 is 9.59 Å². The molecule has 0 saturated carbocycles. The largest absolute Gasteiger partial charge is 0.325 e. The first kappa shape index (κ1) is 19.9. The average Bonchev–Trinajstić information content (AvgIpc) is 2.90. The van der Waals surface area contributed by atoms with Gasteiger partial charge in [-0.05, 0) is 51.3 Å². The van der Waals surface area contributed by atoms with Gasteiger partial charge in [-0.15, -0.1) is 0 Å². The highest BCUT2D eigenvalue weighted by Gasteiger charge is 2.14. The Kier molecular flexibility index (Phi) is 6.13. The fourth-order valence-electron chi connectivity index (χ4n) is 2.87. The van der Waals surface area contributed by atoms with Gasteiger partial charge >= 0.3 is 0 Å². The number of carbonyl (C=O) groups is 2. The van der Waals surface area contributed by atoms with Gasteiger partial charge in [0.05, 0.1) is 5.69 Å². The predicted molar refractivity (Wildman–Crippen MR) is 97.6 cm³/mol. The Balaban J connectivity index is 1.90. The summed E-state index contributed by atoms with van der Waals surface area (Å²) in [5.41, 5.74) is 7.94. The molecule has 9 nitrogen and oxygen atoms in total. The minimum Gasteiger partial charge on any atom is -0.325 e. The summed E-state index contributed by atoms with van der Waals surface area (Å²) < 4.78 is 1.55. The maximum atomic E-state index is 12.0. The molecule has 142 valence electrons. The van der Waals surface area contributed by atoms with Gasteiger partial charge in [0.2, 0.25) is 5.91 Å². The van der Waals surface area contributed by atoms with E-state index in [1.54, 1.807) is 18.5 Å². The molecular weight excluding hydrogens is 348 g/mol. The van der Waals surface area contributed by atoms with E-state index in [0.29, 0.717) is 17.7 Å². The van der Waals surface area contributed by atoms with Crippen molar-refractivity contribution in [2.45, 2.75) is 47.1 Å². The van der Waals surface area contributed by atoms with E-state index in [1.165, 1.54) is 0 Å². The zero-order valence-corrected chi connectivity index (χ0v) is 15.8. The fraction of sp³-hybridized carbons (Fsp3) is 0.389. The number of pyridine rings is 1. The normalized spacial score (nSPS) is 10.3. The molecular formula is C18H22N6O3. The van der Waals surface area contributed by atoms with Crippen LogP contribution in [0.4, 0.5) is 0 Å². The van der Waals surface area contributed by atoms with Gasteiger partial charge in [0.25, 0.3) is 11.5 Å². The van der Waals surface area contributed by atoms with E-state index >= 15 is 0 Å². The molecule has 0 saturated heterocycles. The van der Waals surface area contributed by atoms with E-state index in [4.69, 9.17) is 5.26 Å². The smallest absolute Gasteiger partial charge is 0.266 e. The first-order valence-corrected chi connectivity index (χ1v) is 8.44. The predicted octanol–water partition coefficient (Wildman–Crippen LogP) is 0.457. The maximum Gasteiger partial charge on any atom is 0.266 e. The topological polar surface area (TPSA) is 133 Å². The third kappa shape index (κ3) is 4.82.